The Morgan fingerprint density at radius 2 is 2.00 bits per heavy atom. The molecule has 0 radical (unpaired) electrons. The van der Waals surface area contributed by atoms with Crippen LogP contribution in [0.3, 0.4) is 0 Å². The lowest BCUT2D eigenvalue weighted by molar-refractivity contribution is -0.380. The largest absolute Gasteiger partial charge is 0.334 e. The van der Waals surface area contributed by atoms with Crippen LogP contribution >= 0.6 is 34.5 Å². The van der Waals surface area contributed by atoms with Crippen LogP contribution in [0.4, 0.5) is 5.00 Å². The van der Waals surface area contributed by atoms with E-state index in [1.807, 2.05) is 6.92 Å². The molecule has 0 aliphatic carbocycles. The SMILES string of the molecule is C[C@H](c1ccc(Cl)cc1Cl)N(C)C(=O)c1ccc([N+](=O)[O-])s1. The average molecular weight is 359 g/mol. The van der Waals surface area contributed by atoms with Crippen molar-refractivity contribution >= 4 is 45.4 Å². The van der Waals surface area contributed by atoms with Gasteiger partial charge in [-0.15, -0.1) is 0 Å². The summed E-state index contributed by atoms with van der Waals surface area (Å²) >= 11 is 12.9. The molecule has 1 atom stereocenters. The fraction of sp³-hybridized carbons (Fsp3) is 0.214. The molecule has 0 bridgehead atoms. The molecule has 0 saturated heterocycles. The Kier molecular flexibility index (Phi) is 5.05. The highest BCUT2D eigenvalue weighted by molar-refractivity contribution is 7.17. The van der Waals surface area contributed by atoms with Gasteiger partial charge in [-0.05, 0) is 30.7 Å². The van der Waals surface area contributed by atoms with Crippen LogP contribution in [0.15, 0.2) is 30.3 Å². The van der Waals surface area contributed by atoms with Gasteiger partial charge in [0.1, 0.15) is 0 Å². The monoisotopic (exact) mass is 358 g/mol. The van der Waals surface area contributed by atoms with Crippen LogP contribution in [-0.4, -0.2) is 22.8 Å². The first-order valence-corrected chi connectivity index (χ1v) is 7.85. The molecular weight excluding hydrogens is 347 g/mol. The maximum atomic E-state index is 12.4. The average Bonchev–Trinajstić information content (AvgIpc) is 2.95. The molecule has 0 saturated carbocycles. The Labute approximate surface area is 141 Å². The second-order valence-electron chi connectivity index (χ2n) is 4.65. The van der Waals surface area contributed by atoms with Crippen molar-refractivity contribution in [1.82, 2.24) is 4.90 Å². The summed E-state index contributed by atoms with van der Waals surface area (Å²) in [6.07, 6.45) is 0. The molecule has 0 N–H and O–H groups in total. The summed E-state index contributed by atoms with van der Waals surface area (Å²) in [6.45, 7) is 1.83. The van der Waals surface area contributed by atoms with Crippen molar-refractivity contribution < 1.29 is 9.72 Å². The molecule has 0 unspecified atom stereocenters. The fourth-order valence-electron chi connectivity index (χ4n) is 1.94. The van der Waals surface area contributed by atoms with E-state index in [-0.39, 0.29) is 17.0 Å². The van der Waals surface area contributed by atoms with Gasteiger partial charge in [0.2, 0.25) is 0 Å². The molecule has 2 aromatic rings. The van der Waals surface area contributed by atoms with Crippen LogP contribution in [-0.2, 0) is 0 Å². The van der Waals surface area contributed by atoms with Gasteiger partial charge in [-0.2, -0.15) is 0 Å². The summed E-state index contributed by atoms with van der Waals surface area (Å²) < 4.78 is 0. The second kappa shape index (κ2) is 6.64. The molecule has 5 nitrogen and oxygen atoms in total. The first-order valence-electron chi connectivity index (χ1n) is 6.27. The Hall–Kier alpha value is -1.63. The smallest absolute Gasteiger partial charge is 0.324 e. The molecule has 1 aromatic heterocycles. The molecule has 0 spiro atoms. The lowest BCUT2D eigenvalue weighted by atomic mass is 10.1. The van der Waals surface area contributed by atoms with Gasteiger partial charge in [-0.3, -0.25) is 14.9 Å². The Morgan fingerprint density at radius 3 is 2.55 bits per heavy atom. The maximum absolute atomic E-state index is 12.4. The van der Waals surface area contributed by atoms with Gasteiger partial charge >= 0.3 is 5.00 Å². The molecule has 0 aliphatic rings. The number of hydrogen-bond donors (Lipinski definition) is 0. The highest BCUT2D eigenvalue weighted by Gasteiger charge is 2.23. The Bertz CT molecular complexity index is 733. The van der Waals surface area contributed by atoms with Crippen molar-refractivity contribution in [1.29, 1.82) is 0 Å². The van der Waals surface area contributed by atoms with Crippen LogP contribution in [0, 0.1) is 10.1 Å². The van der Waals surface area contributed by atoms with Gasteiger partial charge in [0, 0.05) is 23.2 Å². The molecule has 0 aliphatic heterocycles. The maximum Gasteiger partial charge on any atom is 0.324 e. The zero-order valence-electron chi connectivity index (χ0n) is 11.7. The van der Waals surface area contributed by atoms with Gasteiger partial charge in [0.25, 0.3) is 5.91 Å². The van der Waals surface area contributed by atoms with Crippen molar-refractivity contribution in [2.45, 2.75) is 13.0 Å². The Balaban J connectivity index is 2.23. The first-order chi connectivity index (χ1) is 10.3. The predicted molar refractivity (Wildman–Crippen MR) is 87.9 cm³/mol. The predicted octanol–water partition coefficient (Wildman–Crippen LogP) is 4.80. The second-order valence-corrected chi connectivity index (χ2v) is 6.56. The highest BCUT2D eigenvalue weighted by atomic mass is 35.5. The number of halogens is 2. The number of rotatable bonds is 4. The number of hydrogen-bond acceptors (Lipinski definition) is 4. The molecule has 116 valence electrons. The number of carbonyl (C=O) groups is 1. The van der Waals surface area contributed by atoms with Crippen LogP contribution in [0.25, 0.3) is 0 Å². The number of amides is 1. The summed E-state index contributed by atoms with van der Waals surface area (Å²) in [6, 6.07) is 7.56. The third kappa shape index (κ3) is 3.40. The molecule has 2 rings (SSSR count). The summed E-state index contributed by atoms with van der Waals surface area (Å²) in [5, 5.41) is 11.6. The molecule has 8 heteroatoms. The lowest BCUT2D eigenvalue weighted by Gasteiger charge is -2.25. The summed E-state index contributed by atoms with van der Waals surface area (Å²) in [4.78, 5) is 24.4. The van der Waals surface area contributed by atoms with Gasteiger partial charge in [-0.1, -0.05) is 40.6 Å². The zero-order chi connectivity index (χ0) is 16.4. The van der Waals surface area contributed by atoms with Crippen molar-refractivity contribution in [3.63, 3.8) is 0 Å². The minimum absolute atomic E-state index is 0.0612. The minimum Gasteiger partial charge on any atom is -0.334 e. The van der Waals surface area contributed by atoms with Gasteiger partial charge < -0.3 is 4.90 Å². The van der Waals surface area contributed by atoms with E-state index in [0.29, 0.717) is 14.9 Å². The quantitative estimate of drug-likeness (QED) is 0.582. The van der Waals surface area contributed by atoms with Crippen LogP contribution in [0.2, 0.25) is 10.0 Å². The molecule has 1 heterocycles. The van der Waals surface area contributed by atoms with Crippen molar-refractivity contribution in [3.05, 3.63) is 60.9 Å². The fourth-order valence-corrected chi connectivity index (χ4v) is 3.31. The van der Waals surface area contributed by atoms with Crippen LogP contribution < -0.4 is 0 Å². The number of carbonyl (C=O) groups excluding carboxylic acids is 1. The van der Waals surface area contributed by atoms with Gasteiger partial charge in [-0.25, -0.2) is 0 Å². The van der Waals surface area contributed by atoms with E-state index in [4.69, 9.17) is 23.2 Å². The molecule has 22 heavy (non-hydrogen) atoms. The summed E-state index contributed by atoms with van der Waals surface area (Å²) in [5.41, 5.74) is 0.757. The first kappa shape index (κ1) is 16.7. The number of benzene rings is 1. The molecule has 0 fully saturated rings. The molecule has 1 aromatic carbocycles. The van der Waals surface area contributed by atoms with E-state index in [2.05, 4.69) is 0 Å². The van der Waals surface area contributed by atoms with Crippen LogP contribution in [0.5, 0.6) is 0 Å². The third-order valence-corrected chi connectivity index (χ3v) is 4.88. The topological polar surface area (TPSA) is 63.5 Å². The molecular formula is C14H12Cl2N2O3S. The van der Waals surface area contributed by atoms with Crippen LogP contribution in [0.1, 0.15) is 28.2 Å². The zero-order valence-corrected chi connectivity index (χ0v) is 14.1. The van der Waals surface area contributed by atoms with E-state index < -0.39 is 4.92 Å². The number of nitrogens with zero attached hydrogens (tertiary/aromatic N) is 2. The van der Waals surface area contributed by atoms with Gasteiger partial charge in [0.05, 0.1) is 15.8 Å². The number of thiophene rings is 1. The Morgan fingerprint density at radius 1 is 1.32 bits per heavy atom. The van der Waals surface area contributed by atoms with Crippen molar-refractivity contribution in [2.24, 2.45) is 0 Å². The third-order valence-electron chi connectivity index (χ3n) is 3.30. The minimum atomic E-state index is -0.513. The standard InChI is InChI=1S/C14H12Cl2N2O3S/c1-8(10-4-3-9(15)7-11(10)16)17(2)14(19)12-5-6-13(22-12)18(20)21/h3-8H,1-2H3/t8-/m1/s1. The van der Waals surface area contributed by atoms with Gasteiger partial charge in [0.15, 0.2) is 0 Å². The summed E-state index contributed by atoms with van der Waals surface area (Å²) in [7, 11) is 1.63. The highest BCUT2D eigenvalue weighted by Crippen LogP contribution is 2.31. The van der Waals surface area contributed by atoms with E-state index in [1.165, 1.54) is 17.0 Å². The van der Waals surface area contributed by atoms with E-state index in [0.717, 1.165) is 16.9 Å². The van der Waals surface area contributed by atoms with E-state index in [1.54, 1.807) is 25.2 Å². The lowest BCUT2D eigenvalue weighted by Crippen LogP contribution is -2.29. The van der Waals surface area contributed by atoms with Crippen molar-refractivity contribution in [2.75, 3.05) is 7.05 Å². The van der Waals surface area contributed by atoms with Crippen molar-refractivity contribution in [3.8, 4) is 0 Å². The number of nitro groups is 1. The summed E-state index contributed by atoms with van der Waals surface area (Å²) in [5.74, 6) is -0.295. The van der Waals surface area contributed by atoms with E-state index in [9.17, 15) is 14.9 Å². The van der Waals surface area contributed by atoms with E-state index >= 15 is 0 Å². The molecule has 1 amide bonds. The normalized spacial score (nSPS) is 12.0.